The third kappa shape index (κ3) is 3.97. The van der Waals surface area contributed by atoms with Crippen LogP contribution in [0.4, 0.5) is 5.13 Å². The van der Waals surface area contributed by atoms with E-state index >= 15 is 0 Å². The minimum absolute atomic E-state index is 0.132. The van der Waals surface area contributed by atoms with Crippen LogP contribution in [0.5, 0.6) is 0 Å². The molecule has 34 heavy (non-hydrogen) atoms. The van der Waals surface area contributed by atoms with Crippen molar-refractivity contribution in [2.24, 2.45) is 0 Å². The van der Waals surface area contributed by atoms with Gasteiger partial charge in [0.1, 0.15) is 11.4 Å². The molecular formula is C23H19ClN6O2S2. The predicted octanol–water partition coefficient (Wildman–Crippen LogP) is 4.98. The van der Waals surface area contributed by atoms with Gasteiger partial charge in [-0.1, -0.05) is 22.9 Å². The summed E-state index contributed by atoms with van der Waals surface area (Å²) in [5.74, 6) is 0.349. The maximum absolute atomic E-state index is 12.4. The van der Waals surface area contributed by atoms with Crippen molar-refractivity contribution in [3.05, 3.63) is 59.0 Å². The van der Waals surface area contributed by atoms with E-state index in [2.05, 4.69) is 15.3 Å². The zero-order valence-electron chi connectivity index (χ0n) is 18.5. The number of thioether (sulfide) groups is 1. The van der Waals surface area contributed by atoms with E-state index in [-0.39, 0.29) is 11.8 Å². The molecule has 0 radical (unpaired) electrons. The average molecular weight is 511 g/mol. The Morgan fingerprint density at radius 1 is 1.24 bits per heavy atom. The van der Waals surface area contributed by atoms with Crippen molar-refractivity contribution in [2.45, 2.75) is 17.6 Å². The normalized spacial score (nSPS) is 12.1. The third-order valence-corrected chi connectivity index (χ3v) is 7.57. The molecule has 0 fully saturated rings. The Bertz CT molecular complexity index is 1430. The van der Waals surface area contributed by atoms with Crippen LogP contribution in [-0.2, 0) is 10.5 Å². The number of thiazole rings is 1. The van der Waals surface area contributed by atoms with Crippen LogP contribution in [0, 0.1) is 0 Å². The zero-order valence-corrected chi connectivity index (χ0v) is 20.9. The molecule has 172 valence electrons. The molecule has 0 bridgehead atoms. The monoisotopic (exact) mass is 510 g/mol. The fraction of sp³-hybridized carbons (Fsp3) is 0.174. The van der Waals surface area contributed by atoms with E-state index in [1.54, 1.807) is 61.1 Å². The second-order valence-corrected chi connectivity index (χ2v) is 10.2. The van der Waals surface area contributed by atoms with Crippen LogP contribution in [-0.4, -0.2) is 50.6 Å². The first kappa shape index (κ1) is 22.6. The third-order valence-electron chi connectivity index (χ3n) is 5.15. The molecule has 8 nitrogen and oxygen atoms in total. The lowest BCUT2D eigenvalue weighted by Crippen LogP contribution is -2.21. The fourth-order valence-electron chi connectivity index (χ4n) is 3.65. The van der Waals surface area contributed by atoms with Crippen LogP contribution in [0.15, 0.2) is 47.6 Å². The van der Waals surface area contributed by atoms with E-state index in [1.807, 2.05) is 12.1 Å². The molecule has 4 heterocycles. The van der Waals surface area contributed by atoms with Crippen molar-refractivity contribution in [1.29, 1.82) is 0 Å². The van der Waals surface area contributed by atoms with Gasteiger partial charge < -0.3 is 10.2 Å². The number of anilines is 1. The largest absolute Gasteiger partial charge is 0.345 e. The molecule has 1 aliphatic rings. The minimum Gasteiger partial charge on any atom is -0.345 e. The Morgan fingerprint density at radius 2 is 2.06 bits per heavy atom. The second kappa shape index (κ2) is 8.86. The van der Waals surface area contributed by atoms with Gasteiger partial charge in [0.15, 0.2) is 5.13 Å². The van der Waals surface area contributed by atoms with Crippen LogP contribution in [0.25, 0.3) is 27.5 Å². The van der Waals surface area contributed by atoms with Gasteiger partial charge in [-0.05, 0) is 30.3 Å². The van der Waals surface area contributed by atoms with Gasteiger partial charge in [0, 0.05) is 50.3 Å². The Morgan fingerprint density at radius 3 is 2.74 bits per heavy atom. The van der Waals surface area contributed by atoms with Gasteiger partial charge >= 0.3 is 0 Å². The highest BCUT2D eigenvalue weighted by atomic mass is 35.5. The topological polar surface area (TPSA) is 93.0 Å². The van der Waals surface area contributed by atoms with Crippen LogP contribution in [0.3, 0.4) is 0 Å². The minimum atomic E-state index is -0.173. The molecule has 0 spiro atoms. The molecule has 0 saturated heterocycles. The number of halogens is 1. The van der Waals surface area contributed by atoms with E-state index in [9.17, 15) is 9.59 Å². The van der Waals surface area contributed by atoms with Crippen molar-refractivity contribution in [3.63, 3.8) is 0 Å². The van der Waals surface area contributed by atoms with Crippen LogP contribution < -0.4 is 5.32 Å². The zero-order chi connectivity index (χ0) is 24.0. The number of benzene rings is 1. The quantitative estimate of drug-likeness (QED) is 0.416. The number of rotatable bonds is 4. The summed E-state index contributed by atoms with van der Waals surface area (Å²) in [7, 11) is 3.40. The number of carbonyl (C=O) groups excluding carboxylic acids is 2. The summed E-state index contributed by atoms with van der Waals surface area (Å²) in [6, 6.07) is 9.03. The molecule has 1 N–H and O–H groups in total. The van der Waals surface area contributed by atoms with E-state index in [4.69, 9.17) is 16.7 Å². The number of hydrogen-bond donors (Lipinski definition) is 1. The molecule has 11 heteroatoms. The lowest BCUT2D eigenvalue weighted by molar-refractivity contribution is -0.114. The predicted molar refractivity (Wildman–Crippen MR) is 135 cm³/mol. The van der Waals surface area contributed by atoms with Crippen molar-refractivity contribution in [1.82, 2.24) is 24.6 Å². The molecule has 3 aromatic heterocycles. The van der Waals surface area contributed by atoms with Gasteiger partial charge in [0.25, 0.3) is 5.91 Å². The molecular weight excluding hydrogens is 492 g/mol. The summed E-state index contributed by atoms with van der Waals surface area (Å²) in [4.78, 5) is 36.3. The maximum atomic E-state index is 12.4. The standard InChI is InChI=1S/C23H19ClN6O2S2/c1-12(31)26-23-27-16-11-33-21-18(14-5-4-8-25-10-14)28-30(19(21)20(16)34-23)17-7-6-13(9-15(17)24)22(32)29(2)3/h4-10H,11H2,1-3H3,(H,26,27,31). The van der Waals surface area contributed by atoms with Gasteiger partial charge in [-0.3, -0.25) is 14.6 Å². The van der Waals surface area contributed by atoms with Crippen molar-refractivity contribution < 1.29 is 9.59 Å². The van der Waals surface area contributed by atoms with E-state index in [1.165, 1.54) is 23.2 Å². The molecule has 0 aliphatic carbocycles. The number of carbonyl (C=O) groups is 2. The molecule has 4 aromatic rings. The second-order valence-electron chi connectivity index (χ2n) is 7.81. The lowest BCUT2D eigenvalue weighted by Gasteiger charge is -2.15. The van der Waals surface area contributed by atoms with Crippen LogP contribution in [0.1, 0.15) is 23.0 Å². The van der Waals surface area contributed by atoms with Crippen LogP contribution in [0.2, 0.25) is 5.02 Å². The van der Waals surface area contributed by atoms with E-state index < -0.39 is 0 Å². The van der Waals surface area contributed by atoms with Crippen molar-refractivity contribution in [3.8, 4) is 27.5 Å². The average Bonchev–Trinajstić information content (AvgIpc) is 3.39. The molecule has 1 aromatic carbocycles. The smallest absolute Gasteiger partial charge is 0.253 e. The molecule has 1 aliphatic heterocycles. The highest BCUT2D eigenvalue weighted by Crippen LogP contribution is 2.50. The van der Waals surface area contributed by atoms with Gasteiger partial charge in [-0.25, -0.2) is 9.67 Å². The number of fused-ring (bicyclic) bond motifs is 3. The molecule has 5 rings (SSSR count). The molecule has 2 amide bonds. The summed E-state index contributed by atoms with van der Waals surface area (Å²) < 4.78 is 1.80. The van der Waals surface area contributed by atoms with Gasteiger partial charge in [-0.2, -0.15) is 5.10 Å². The summed E-state index contributed by atoms with van der Waals surface area (Å²) in [5.41, 5.74) is 4.54. The number of nitrogens with zero attached hydrogens (tertiary/aromatic N) is 5. The summed E-state index contributed by atoms with van der Waals surface area (Å²) in [6.45, 7) is 1.46. The Hall–Kier alpha value is -3.21. The Labute approximate surface area is 209 Å². The molecule has 0 saturated carbocycles. The Balaban J connectivity index is 1.71. The first-order chi connectivity index (χ1) is 16.3. The highest BCUT2D eigenvalue weighted by Gasteiger charge is 2.31. The SMILES string of the molecule is CC(=O)Nc1nc2c(s1)-c1c(c(-c3cccnc3)nn1-c1ccc(C(=O)N(C)C)cc1Cl)SC2. The van der Waals surface area contributed by atoms with Gasteiger partial charge in [0.05, 0.1) is 26.2 Å². The number of hydrogen-bond acceptors (Lipinski definition) is 7. The van der Waals surface area contributed by atoms with Gasteiger partial charge in [-0.15, -0.1) is 11.8 Å². The fourth-order valence-corrected chi connectivity index (χ4v) is 6.25. The van der Waals surface area contributed by atoms with Crippen molar-refractivity contribution >= 4 is 51.6 Å². The van der Waals surface area contributed by atoms with E-state index in [0.29, 0.717) is 27.2 Å². The Kier molecular flexibility index (Phi) is 5.88. The first-order valence-electron chi connectivity index (χ1n) is 10.3. The number of aromatic nitrogens is 4. The van der Waals surface area contributed by atoms with Crippen LogP contribution >= 0.6 is 34.7 Å². The summed E-state index contributed by atoms with van der Waals surface area (Å²) in [6.07, 6.45) is 3.50. The lowest BCUT2D eigenvalue weighted by atomic mass is 10.1. The number of nitrogens with one attached hydrogen (secondary N) is 1. The van der Waals surface area contributed by atoms with E-state index in [0.717, 1.165) is 32.4 Å². The summed E-state index contributed by atoms with van der Waals surface area (Å²) in [5, 5.41) is 8.67. The summed E-state index contributed by atoms with van der Waals surface area (Å²) >= 11 is 9.73. The van der Waals surface area contributed by atoms with Gasteiger partial charge in [0.2, 0.25) is 5.91 Å². The first-order valence-corrected chi connectivity index (χ1v) is 12.5. The molecule has 0 atom stereocenters. The van der Waals surface area contributed by atoms with Crippen molar-refractivity contribution in [2.75, 3.05) is 19.4 Å². The maximum Gasteiger partial charge on any atom is 0.253 e. The molecule has 0 unspecified atom stereocenters. The number of pyridine rings is 1. The highest BCUT2D eigenvalue weighted by molar-refractivity contribution is 7.99. The number of amides is 2.